The third-order valence-corrected chi connectivity index (χ3v) is 18.7. The van der Waals surface area contributed by atoms with Crippen LogP contribution in [-0.2, 0) is 17.3 Å². The first-order valence-corrected chi connectivity index (χ1v) is 18.6. The molecule has 33 heavy (non-hydrogen) atoms. The van der Waals surface area contributed by atoms with Crippen LogP contribution < -0.4 is 0 Å². The first-order valence-electron chi connectivity index (χ1n) is 12.8. The zero-order chi connectivity index (χ0) is 24.3. The maximum absolute atomic E-state index is 9.61. The highest BCUT2D eigenvalue weighted by Gasteiger charge is 2.69. The Morgan fingerprint density at radius 1 is 0.879 bits per heavy atom. The van der Waals surface area contributed by atoms with Crippen LogP contribution in [0.3, 0.4) is 0 Å². The molecule has 1 aliphatic rings. The van der Waals surface area contributed by atoms with Crippen molar-refractivity contribution < 1.29 is 14.6 Å². The second kappa shape index (κ2) is 9.97. The van der Waals surface area contributed by atoms with E-state index >= 15 is 0 Å². The summed E-state index contributed by atoms with van der Waals surface area (Å²) in [6, 6.07) is 17.9. The van der Waals surface area contributed by atoms with Gasteiger partial charge in [0.05, 0.1) is 8.07 Å². The Bertz CT molecular complexity index is 906. The number of phenolic OH excluding ortho intramolecular Hbond substituents is 2. The van der Waals surface area contributed by atoms with Crippen LogP contribution >= 0.6 is 0 Å². The zero-order valence-electron chi connectivity index (χ0n) is 21.6. The Hall–Kier alpha value is -1.57. The lowest BCUT2D eigenvalue weighted by atomic mass is 9.99. The number of hydrogen-bond donors (Lipinski definition) is 2. The topological polar surface area (TPSA) is 49.7 Å². The van der Waals surface area contributed by atoms with Crippen LogP contribution in [0.2, 0.25) is 36.8 Å². The van der Waals surface area contributed by atoms with E-state index < -0.39 is 16.4 Å². The van der Waals surface area contributed by atoms with Crippen molar-refractivity contribution in [3.05, 3.63) is 59.7 Å². The van der Waals surface area contributed by atoms with Crippen molar-refractivity contribution in [2.45, 2.75) is 101 Å². The summed E-state index contributed by atoms with van der Waals surface area (Å²) in [6.07, 6.45) is 6.70. The molecule has 3 rings (SSSR count). The van der Waals surface area contributed by atoms with Crippen LogP contribution in [0.5, 0.6) is 11.5 Å². The average Bonchev–Trinajstić information content (AvgIpc) is 3.40. The fraction of sp³-hybridized carbons (Fsp3) is 0.571. The van der Waals surface area contributed by atoms with Gasteiger partial charge in [0, 0.05) is 5.22 Å². The van der Waals surface area contributed by atoms with Crippen LogP contribution in [0.15, 0.2) is 48.5 Å². The molecule has 2 unspecified atom stereocenters. The molecule has 2 aromatic carbocycles. The normalized spacial score (nSPS) is 23.0. The zero-order valence-corrected chi connectivity index (χ0v) is 23.6. The minimum Gasteiger partial charge on any atom is -0.508 e. The SMILES string of the molecule is CCC(CC)(O[Si]1(C)CC1(CC)CCc1ccc(O)cc1)[Si](C)(C)CCc1ccc(O)cc1. The molecular weight excluding hydrogens is 440 g/mol. The van der Waals surface area contributed by atoms with Crippen LogP contribution in [0.1, 0.15) is 57.6 Å². The molecule has 1 aliphatic heterocycles. The molecule has 0 bridgehead atoms. The number of benzene rings is 2. The molecule has 0 aromatic heterocycles. The number of phenols is 2. The molecule has 2 atom stereocenters. The molecule has 0 saturated carbocycles. The standard InChI is InChI=1S/C28H44O3Si2/c1-7-27(20-18-23-10-14-25(29)15-11-23)22-33(27,6)31-28(8-2,9-3)32(4,5)21-19-24-12-16-26(30)17-13-24/h10-17,29-30H,7-9,18-22H2,1-6H3. The Morgan fingerprint density at radius 3 is 1.82 bits per heavy atom. The van der Waals surface area contributed by atoms with Gasteiger partial charge in [0.2, 0.25) is 0 Å². The van der Waals surface area contributed by atoms with Crippen LogP contribution in [0.4, 0.5) is 0 Å². The van der Waals surface area contributed by atoms with Crippen molar-refractivity contribution in [1.29, 1.82) is 0 Å². The Labute approximate surface area is 203 Å². The van der Waals surface area contributed by atoms with Gasteiger partial charge in [-0.05, 0) is 85.1 Å². The molecule has 1 heterocycles. The second-order valence-corrected chi connectivity index (χ2v) is 20.3. The van der Waals surface area contributed by atoms with Crippen molar-refractivity contribution in [2.75, 3.05) is 0 Å². The summed E-state index contributed by atoms with van der Waals surface area (Å²) in [4.78, 5) is 0. The summed E-state index contributed by atoms with van der Waals surface area (Å²) >= 11 is 0. The predicted molar refractivity (Wildman–Crippen MR) is 144 cm³/mol. The highest BCUT2D eigenvalue weighted by molar-refractivity contribution is 6.88. The van der Waals surface area contributed by atoms with Crippen molar-refractivity contribution in [3.8, 4) is 11.5 Å². The largest absolute Gasteiger partial charge is 0.508 e. The summed E-state index contributed by atoms with van der Waals surface area (Å²) in [5, 5.41) is 19.6. The minimum atomic E-state index is -1.80. The van der Waals surface area contributed by atoms with Crippen LogP contribution in [-0.4, -0.2) is 31.8 Å². The molecule has 0 radical (unpaired) electrons. The Balaban J connectivity index is 1.72. The fourth-order valence-corrected chi connectivity index (χ4v) is 16.4. The lowest BCUT2D eigenvalue weighted by Gasteiger charge is -2.48. The highest BCUT2D eigenvalue weighted by Crippen LogP contribution is 2.69. The summed E-state index contributed by atoms with van der Waals surface area (Å²) < 4.78 is 7.44. The molecule has 2 aromatic rings. The summed E-state index contributed by atoms with van der Waals surface area (Å²) in [5.74, 6) is 0.680. The highest BCUT2D eigenvalue weighted by atomic mass is 28.4. The average molecular weight is 485 g/mol. The van der Waals surface area contributed by atoms with E-state index in [1.54, 1.807) is 24.3 Å². The quantitative estimate of drug-likeness (QED) is 0.302. The summed E-state index contributed by atoms with van der Waals surface area (Å²) in [7, 11) is -3.50. The molecule has 0 spiro atoms. The van der Waals surface area contributed by atoms with Gasteiger partial charge in [-0.1, -0.05) is 70.6 Å². The van der Waals surface area contributed by atoms with Gasteiger partial charge in [0.15, 0.2) is 8.32 Å². The number of rotatable bonds is 12. The van der Waals surface area contributed by atoms with Crippen molar-refractivity contribution in [2.24, 2.45) is 0 Å². The maximum Gasteiger partial charge on any atom is 0.196 e. The molecule has 0 aliphatic carbocycles. The predicted octanol–water partition coefficient (Wildman–Crippen LogP) is 7.84. The lowest BCUT2D eigenvalue weighted by Crippen LogP contribution is -2.58. The first kappa shape index (κ1) is 26.0. The molecule has 5 heteroatoms. The van der Waals surface area contributed by atoms with Gasteiger partial charge in [-0.25, -0.2) is 0 Å². The van der Waals surface area contributed by atoms with Crippen LogP contribution in [0.25, 0.3) is 0 Å². The van der Waals surface area contributed by atoms with E-state index in [4.69, 9.17) is 4.43 Å². The smallest absolute Gasteiger partial charge is 0.196 e. The fourth-order valence-electron chi connectivity index (χ4n) is 6.09. The van der Waals surface area contributed by atoms with E-state index in [9.17, 15) is 10.2 Å². The van der Waals surface area contributed by atoms with Gasteiger partial charge >= 0.3 is 0 Å². The van der Waals surface area contributed by atoms with Gasteiger partial charge in [-0.15, -0.1) is 0 Å². The van der Waals surface area contributed by atoms with Crippen molar-refractivity contribution in [3.63, 3.8) is 0 Å². The van der Waals surface area contributed by atoms with E-state index in [0.29, 0.717) is 16.5 Å². The van der Waals surface area contributed by atoms with Crippen molar-refractivity contribution in [1.82, 2.24) is 0 Å². The molecule has 1 saturated heterocycles. The summed E-state index contributed by atoms with van der Waals surface area (Å²) in [6.45, 7) is 14.6. The lowest BCUT2D eigenvalue weighted by molar-refractivity contribution is 0.127. The van der Waals surface area contributed by atoms with Gasteiger partial charge in [-0.2, -0.15) is 0 Å². The van der Waals surface area contributed by atoms with Crippen molar-refractivity contribution >= 4 is 16.4 Å². The molecule has 2 N–H and O–H groups in total. The minimum absolute atomic E-state index is 0.0281. The van der Waals surface area contributed by atoms with E-state index in [1.165, 1.54) is 36.1 Å². The van der Waals surface area contributed by atoms with Crippen LogP contribution in [0, 0.1) is 0 Å². The van der Waals surface area contributed by atoms with Gasteiger partial charge in [0.1, 0.15) is 11.5 Å². The molecule has 3 nitrogen and oxygen atoms in total. The van der Waals surface area contributed by atoms with Gasteiger partial charge in [-0.3, -0.25) is 0 Å². The van der Waals surface area contributed by atoms with E-state index in [2.05, 4.69) is 64.7 Å². The number of aromatic hydroxyl groups is 2. The Kier molecular flexibility index (Phi) is 7.87. The van der Waals surface area contributed by atoms with E-state index in [0.717, 1.165) is 25.7 Å². The molecule has 0 amide bonds. The second-order valence-electron chi connectivity index (χ2n) is 11.1. The van der Waals surface area contributed by atoms with Gasteiger partial charge in [0.25, 0.3) is 0 Å². The molecule has 182 valence electrons. The third-order valence-electron chi connectivity index (χ3n) is 8.95. The number of hydrogen-bond acceptors (Lipinski definition) is 3. The van der Waals surface area contributed by atoms with E-state index in [-0.39, 0.29) is 5.22 Å². The third kappa shape index (κ3) is 5.41. The van der Waals surface area contributed by atoms with Gasteiger partial charge < -0.3 is 14.6 Å². The molecular formula is C28H44O3Si2. The van der Waals surface area contributed by atoms with E-state index in [1.807, 2.05) is 0 Å². The first-order chi connectivity index (χ1) is 15.5. The Morgan fingerprint density at radius 2 is 1.36 bits per heavy atom. The summed E-state index contributed by atoms with van der Waals surface area (Å²) in [5.41, 5.74) is 2.62. The molecule has 1 fully saturated rings. The monoisotopic (exact) mass is 484 g/mol. The number of aryl methyl sites for hydroxylation is 2. The maximum atomic E-state index is 9.61.